The van der Waals surface area contributed by atoms with Crippen LogP contribution in [0.15, 0.2) is 24.3 Å². The van der Waals surface area contributed by atoms with Crippen molar-refractivity contribution in [2.45, 2.75) is 55.1 Å². The first-order chi connectivity index (χ1) is 14.5. The van der Waals surface area contributed by atoms with Crippen LogP contribution in [-0.4, -0.2) is 74.1 Å². The van der Waals surface area contributed by atoms with Crippen LogP contribution in [0.2, 0.25) is 0 Å². The number of hydrogen-bond acceptors (Lipinski definition) is 7. The van der Waals surface area contributed by atoms with Crippen molar-refractivity contribution in [3.05, 3.63) is 29.8 Å². The summed E-state index contributed by atoms with van der Waals surface area (Å²) in [6.45, 7) is 5.14. The molecule has 3 amide bonds. The second kappa shape index (κ2) is 8.39. The normalized spacial score (nSPS) is 25.7. The van der Waals surface area contributed by atoms with E-state index in [2.05, 4.69) is 16.0 Å². The lowest BCUT2D eigenvalue weighted by Gasteiger charge is -2.44. The van der Waals surface area contributed by atoms with Gasteiger partial charge in [-0.15, -0.1) is 11.8 Å². The molecule has 31 heavy (non-hydrogen) atoms. The Morgan fingerprint density at radius 1 is 1.16 bits per heavy atom. The van der Waals surface area contributed by atoms with E-state index >= 15 is 0 Å². The number of rotatable bonds is 7. The molecule has 2 saturated heterocycles. The Balaban J connectivity index is 1.79. The van der Waals surface area contributed by atoms with Gasteiger partial charge in [0.05, 0.1) is 6.04 Å². The lowest BCUT2D eigenvalue weighted by atomic mass is 9.95. The molecule has 2 heterocycles. The van der Waals surface area contributed by atoms with Gasteiger partial charge >= 0.3 is 5.97 Å². The number of likely N-dealkylation sites (N-methyl/N-ethyl adjacent to an activating group) is 1. The molecule has 3 rings (SSSR count). The van der Waals surface area contributed by atoms with E-state index < -0.39 is 58.0 Å². The Morgan fingerprint density at radius 2 is 1.77 bits per heavy atom. The first-order valence-electron chi connectivity index (χ1n) is 9.77. The van der Waals surface area contributed by atoms with Gasteiger partial charge in [0.15, 0.2) is 0 Å². The largest absolute Gasteiger partial charge is 0.508 e. The SMILES string of the molecule is CN[C@@H](C)C(=O)NC(C(=O)N[C@@H]1C(=O)N2[C@@H]1SC(C)(C)[C@@H]2C(=O)O)c1ccc(O)cc1. The molecule has 11 heteroatoms. The minimum atomic E-state index is -1.10. The average Bonchev–Trinajstić information content (AvgIpc) is 2.98. The Morgan fingerprint density at radius 3 is 2.32 bits per heavy atom. The zero-order valence-electron chi connectivity index (χ0n) is 17.6. The van der Waals surface area contributed by atoms with Gasteiger partial charge < -0.3 is 31.1 Å². The van der Waals surface area contributed by atoms with Gasteiger partial charge in [0.1, 0.15) is 29.2 Å². The summed E-state index contributed by atoms with van der Waals surface area (Å²) >= 11 is 1.32. The fraction of sp³-hybridized carbons (Fsp3) is 0.500. The Bertz CT molecular complexity index is 905. The summed E-state index contributed by atoms with van der Waals surface area (Å²) in [5.41, 5.74) is 0.429. The number of phenols is 1. The molecule has 1 aromatic carbocycles. The van der Waals surface area contributed by atoms with Crippen LogP contribution in [-0.2, 0) is 19.2 Å². The van der Waals surface area contributed by atoms with E-state index in [1.807, 2.05) is 0 Å². The molecule has 0 bridgehead atoms. The number of β-lactam (4-membered cyclic amide) rings is 1. The molecule has 0 radical (unpaired) electrons. The van der Waals surface area contributed by atoms with Crippen molar-refractivity contribution in [2.24, 2.45) is 0 Å². The van der Waals surface area contributed by atoms with Crippen molar-refractivity contribution in [2.75, 3.05) is 7.05 Å². The van der Waals surface area contributed by atoms with Gasteiger partial charge in [-0.1, -0.05) is 12.1 Å². The molecule has 2 aliphatic heterocycles. The lowest BCUT2D eigenvalue weighted by Crippen LogP contribution is -2.71. The van der Waals surface area contributed by atoms with E-state index in [0.29, 0.717) is 5.56 Å². The number of aliphatic carboxylic acids is 1. The number of carbonyl (C=O) groups is 4. The Kier molecular flexibility index (Phi) is 6.19. The Hall–Kier alpha value is -2.79. The quantitative estimate of drug-likeness (QED) is 0.359. The highest BCUT2D eigenvalue weighted by Gasteiger charge is 2.64. The minimum Gasteiger partial charge on any atom is -0.508 e. The maximum atomic E-state index is 13.1. The lowest BCUT2D eigenvalue weighted by molar-refractivity contribution is -0.161. The molecule has 168 valence electrons. The number of carboxylic acid groups (broad SMARTS) is 1. The molecule has 1 unspecified atom stereocenters. The van der Waals surface area contributed by atoms with Crippen LogP contribution >= 0.6 is 11.8 Å². The number of hydrogen-bond donors (Lipinski definition) is 5. The summed E-state index contributed by atoms with van der Waals surface area (Å²) < 4.78 is -0.710. The number of nitrogens with zero attached hydrogens (tertiary/aromatic N) is 1. The van der Waals surface area contributed by atoms with Crippen LogP contribution < -0.4 is 16.0 Å². The zero-order chi connectivity index (χ0) is 23.1. The van der Waals surface area contributed by atoms with Gasteiger partial charge in [0, 0.05) is 4.75 Å². The third-order valence-corrected chi connectivity index (χ3v) is 7.15. The second-order valence-corrected chi connectivity index (χ2v) is 9.90. The van der Waals surface area contributed by atoms with Gasteiger partial charge in [-0.2, -0.15) is 0 Å². The summed E-state index contributed by atoms with van der Waals surface area (Å²) in [7, 11) is 1.61. The van der Waals surface area contributed by atoms with Crippen LogP contribution in [0.4, 0.5) is 0 Å². The molecular formula is C20H26N4O6S. The molecule has 0 saturated carbocycles. The number of fused-ring (bicyclic) bond motifs is 1. The minimum absolute atomic E-state index is 0.00643. The summed E-state index contributed by atoms with van der Waals surface area (Å²) in [4.78, 5) is 51.1. The fourth-order valence-corrected chi connectivity index (χ4v) is 5.37. The smallest absolute Gasteiger partial charge is 0.327 e. The summed E-state index contributed by atoms with van der Waals surface area (Å²) in [5.74, 6) is -2.57. The van der Waals surface area contributed by atoms with Gasteiger partial charge in [-0.3, -0.25) is 14.4 Å². The molecule has 0 aliphatic carbocycles. The summed E-state index contributed by atoms with van der Waals surface area (Å²) in [6, 6.07) is 2.28. The molecule has 5 N–H and O–H groups in total. The van der Waals surface area contributed by atoms with Gasteiger partial charge in [0.25, 0.3) is 0 Å². The monoisotopic (exact) mass is 450 g/mol. The van der Waals surface area contributed by atoms with Crippen LogP contribution in [0.25, 0.3) is 0 Å². The molecule has 10 nitrogen and oxygen atoms in total. The van der Waals surface area contributed by atoms with Crippen molar-refractivity contribution in [1.29, 1.82) is 0 Å². The number of carboxylic acids is 1. The number of benzene rings is 1. The zero-order valence-corrected chi connectivity index (χ0v) is 18.4. The van der Waals surface area contributed by atoms with Crippen molar-refractivity contribution in [3.63, 3.8) is 0 Å². The van der Waals surface area contributed by atoms with E-state index in [0.717, 1.165) is 0 Å². The van der Waals surface area contributed by atoms with Crippen molar-refractivity contribution < 1.29 is 29.4 Å². The van der Waals surface area contributed by atoms with Crippen molar-refractivity contribution >= 4 is 35.5 Å². The van der Waals surface area contributed by atoms with E-state index in [1.165, 1.54) is 40.9 Å². The highest BCUT2D eigenvalue weighted by atomic mass is 32.2. The number of carbonyl (C=O) groups excluding carboxylic acids is 3. The van der Waals surface area contributed by atoms with E-state index in [-0.39, 0.29) is 5.75 Å². The number of amides is 3. The first kappa shape index (κ1) is 22.9. The number of phenolic OH excluding ortho intramolecular Hbond substituents is 1. The predicted molar refractivity (Wildman–Crippen MR) is 113 cm³/mol. The molecule has 1 aromatic rings. The molecular weight excluding hydrogens is 424 g/mol. The van der Waals surface area contributed by atoms with Gasteiger partial charge in [-0.25, -0.2) is 4.79 Å². The van der Waals surface area contributed by atoms with Crippen molar-refractivity contribution in [1.82, 2.24) is 20.9 Å². The van der Waals surface area contributed by atoms with Crippen LogP contribution in [0.1, 0.15) is 32.4 Å². The first-order valence-corrected chi connectivity index (χ1v) is 10.7. The number of aromatic hydroxyl groups is 1. The highest BCUT2D eigenvalue weighted by molar-refractivity contribution is 8.01. The maximum absolute atomic E-state index is 13.1. The van der Waals surface area contributed by atoms with E-state index in [9.17, 15) is 29.4 Å². The van der Waals surface area contributed by atoms with Gasteiger partial charge in [-0.05, 0) is 45.5 Å². The highest BCUT2D eigenvalue weighted by Crippen LogP contribution is 2.50. The number of nitrogens with one attached hydrogen (secondary N) is 3. The molecule has 2 aliphatic rings. The van der Waals surface area contributed by atoms with Gasteiger partial charge in [0.2, 0.25) is 17.7 Å². The van der Waals surface area contributed by atoms with Crippen LogP contribution in [0.3, 0.4) is 0 Å². The van der Waals surface area contributed by atoms with E-state index in [4.69, 9.17) is 0 Å². The molecule has 5 atom stereocenters. The Labute approximate surface area is 183 Å². The van der Waals surface area contributed by atoms with Crippen LogP contribution in [0, 0.1) is 0 Å². The third kappa shape index (κ3) is 4.19. The van der Waals surface area contributed by atoms with Crippen molar-refractivity contribution in [3.8, 4) is 5.75 Å². The van der Waals surface area contributed by atoms with E-state index in [1.54, 1.807) is 27.8 Å². The molecule has 0 aromatic heterocycles. The third-order valence-electron chi connectivity index (χ3n) is 5.57. The fourth-order valence-electron chi connectivity index (χ4n) is 3.75. The second-order valence-electron chi connectivity index (χ2n) is 8.13. The topological polar surface area (TPSA) is 148 Å². The standard InChI is InChI=1S/C20H26N4O6S/c1-9(21-4)15(26)22-12(10-5-7-11(25)8-6-10)16(27)23-13-17(28)24-14(19(29)30)20(2,3)31-18(13)24/h5-9,12-14,18,21,25H,1-4H3,(H,22,26)(H,23,27)(H,29,30)/t9-,12?,13+,14-,18+/m0/s1. The summed E-state index contributed by atoms with van der Waals surface area (Å²) in [5, 5.41) is 26.7. The predicted octanol–water partition coefficient (Wildman–Crippen LogP) is -0.211. The average molecular weight is 451 g/mol. The molecule has 2 fully saturated rings. The molecule has 0 spiro atoms. The maximum Gasteiger partial charge on any atom is 0.327 e. The summed E-state index contributed by atoms with van der Waals surface area (Å²) in [6.07, 6.45) is 0. The van der Waals surface area contributed by atoms with Crippen LogP contribution in [0.5, 0.6) is 5.75 Å². The number of thioether (sulfide) groups is 1.